The number of hydrogen-bond donors (Lipinski definition) is 6. The van der Waals surface area contributed by atoms with Crippen LogP contribution in [0.5, 0.6) is 17.5 Å². The van der Waals surface area contributed by atoms with Gasteiger partial charge >= 0.3 is 6.01 Å². The number of benzene rings is 5. The van der Waals surface area contributed by atoms with Gasteiger partial charge in [0.15, 0.2) is 5.82 Å². The van der Waals surface area contributed by atoms with E-state index in [1.54, 1.807) is 54.7 Å². The number of carbonyl (C=O) groups excluding carboxylic acids is 2. The average molecular weight is 1190 g/mol. The van der Waals surface area contributed by atoms with Gasteiger partial charge in [0.25, 0.3) is 5.91 Å². The topological polar surface area (TPSA) is 178 Å². The van der Waals surface area contributed by atoms with Crippen LogP contribution < -0.4 is 41.0 Å². The molecule has 5 aliphatic heterocycles. The summed E-state index contributed by atoms with van der Waals surface area (Å²) in [6.45, 7) is 10.8. The molecule has 85 heavy (non-hydrogen) atoms. The van der Waals surface area contributed by atoms with Crippen molar-refractivity contribution in [3.05, 3.63) is 135 Å². The zero-order valence-electron chi connectivity index (χ0n) is 48.1. The first-order valence-corrected chi connectivity index (χ1v) is 30.2. The standard InChI is InChI=1S/C66H70Cl2F2N10O5/c1-6-37-13-10-14-38-27-44(81)30-46(54(37)38)58-57(70)59-47(32-72-58)61(80-33-41-20-21-42(34-80)74-41)78-64(77-59)85-35-43-15-12-26-79(43)25-9-7-8-24-71-62(82)39-18-23-50(52(28-39)84-5)75-63(83)60-55(45-16-11-17-49(68)56(45)69)66(53(76-60)31-65(2,3)4)36-73-51-29-40(67)19-22-48(51)66/h1,10-11,13-14,16-19,22-23,27-30,32,41-43,53,55,60,73-74,76,81H,7-9,12,15,20-21,24-26,31,33-36H2,2-5H3,(H,71,82)(H,75,83)/t41-,42+,43-,53+,55?,60?,66?/m0/s1. The predicted octanol–water partition coefficient (Wildman–Crippen LogP) is 11.4. The normalized spacial score (nSPS) is 22.6. The highest BCUT2D eigenvalue weighted by Gasteiger charge is 2.61. The number of aromatic nitrogens is 3. The van der Waals surface area contributed by atoms with Gasteiger partial charge in [-0.1, -0.05) is 86.6 Å². The Morgan fingerprint density at radius 3 is 2.54 bits per heavy atom. The maximum Gasteiger partial charge on any atom is 0.319 e. The molecule has 2 aromatic heterocycles. The van der Waals surface area contributed by atoms with Crippen LogP contribution in [0, 0.1) is 29.4 Å². The third kappa shape index (κ3) is 11.4. The number of pyridine rings is 1. The Morgan fingerprint density at radius 2 is 1.75 bits per heavy atom. The van der Waals surface area contributed by atoms with E-state index in [0.717, 1.165) is 69.3 Å². The lowest BCUT2D eigenvalue weighted by atomic mass is 9.63. The predicted molar refractivity (Wildman–Crippen MR) is 330 cm³/mol. The number of anilines is 3. The molecule has 2 amide bonds. The number of methoxy groups -OCH3 is 1. The zero-order chi connectivity index (χ0) is 59.3. The average Bonchev–Trinajstić information content (AvgIpc) is 1.65. The van der Waals surface area contributed by atoms with E-state index in [-0.39, 0.29) is 57.3 Å². The highest BCUT2D eigenvalue weighted by atomic mass is 35.5. The fraction of sp³-hybridized carbons (Fsp3) is 0.409. The molecule has 4 saturated heterocycles. The van der Waals surface area contributed by atoms with Crippen LogP contribution in [-0.4, -0.2) is 120 Å². The number of nitrogens with zero attached hydrogens (tertiary/aromatic N) is 5. The van der Waals surface area contributed by atoms with Crippen molar-refractivity contribution in [1.82, 2.24) is 35.8 Å². The van der Waals surface area contributed by atoms with Gasteiger partial charge in [0.1, 0.15) is 41.0 Å². The Kier molecular flexibility index (Phi) is 16.3. The van der Waals surface area contributed by atoms with E-state index in [9.17, 15) is 14.7 Å². The summed E-state index contributed by atoms with van der Waals surface area (Å²) in [7, 11) is 1.49. The van der Waals surface area contributed by atoms with E-state index in [4.69, 9.17) is 49.1 Å². The number of carbonyl (C=O) groups is 2. The second-order valence-corrected chi connectivity index (χ2v) is 25.5. The van der Waals surface area contributed by atoms with Gasteiger partial charge in [-0.15, -0.1) is 6.42 Å². The Balaban J connectivity index is 0.681. The van der Waals surface area contributed by atoms with Crippen LogP contribution in [0.2, 0.25) is 10.0 Å². The van der Waals surface area contributed by atoms with Crippen LogP contribution in [0.1, 0.15) is 105 Å². The Bertz CT molecular complexity index is 3770. The molecular formula is C66H70Cl2F2N10O5. The molecule has 5 aliphatic rings. The molecule has 12 rings (SSSR count). The minimum atomic E-state index is -0.900. The van der Waals surface area contributed by atoms with Gasteiger partial charge in [0.05, 0.1) is 29.2 Å². The number of halogens is 4. The largest absolute Gasteiger partial charge is 0.508 e. The summed E-state index contributed by atoms with van der Waals surface area (Å²) < 4.78 is 45.8. The van der Waals surface area contributed by atoms with Crippen molar-refractivity contribution in [2.24, 2.45) is 5.41 Å². The summed E-state index contributed by atoms with van der Waals surface area (Å²) in [5, 5.41) is 30.1. The molecule has 15 nitrogen and oxygen atoms in total. The third-order valence-corrected chi connectivity index (χ3v) is 18.5. The monoisotopic (exact) mass is 1190 g/mol. The summed E-state index contributed by atoms with van der Waals surface area (Å²) in [6.07, 6.45) is 14.8. The lowest BCUT2D eigenvalue weighted by Gasteiger charge is -2.39. The van der Waals surface area contributed by atoms with E-state index in [0.29, 0.717) is 112 Å². The second-order valence-electron chi connectivity index (χ2n) is 24.6. The van der Waals surface area contributed by atoms with E-state index in [2.05, 4.69) is 68.1 Å². The molecule has 0 saturated carbocycles. The number of hydrogen-bond acceptors (Lipinski definition) is 13. The molecule has 7 atom stereocenters. The van der Waals surface area contributed by atoms with E-state index >= 15 is 8.78 Å². The first-order chi connectivity index (χ1) is 41.0. The lowest BCUT2D eigenvalue weighted by Crippen LogP contribution is -2.51. The molecule has 7 heterocycles. The van der Waals surface area contributed by atoms with Crippen molar-refractivity contribution in [3.8, 4) is 41.1 Å². The van der Waals surface area contributed by atoms with E-state index in [1.165, 1.54) is 19.2 Å². The molecular weight excluding hydrogens is 1120 g/mol. The summed E-state index contributed by atoms with van der Waals surface area (Å²) in [5.41, 5.74) is 2.97. The molecule has 19 heteroatoms. The van der Waals surface area contributed by atoms with Gasteiger partial charge in [-0.25, -0.2) is 8.78 Å². The first kappa shape index (κ1) is 58.1. The second kappa shape index (κ2) is 23.9. The SMILES string of the molecule is C#Cc1cccc2cc(O)cc(-c3ncc4c(N5C[C@H]6CC[C@@H](C5)N6)nc(OC[C@@H]5CCCN5CCCCCNC(=O)c5ccc(NC(=O)C6N[C@H](CC(C)(C)C)C7(CNc8cc(Cl)ccc87)C6c6cccc(Cl)c6F)c(OC)c5)nc4c3F)c12. The summed E-state index contributed by atoms with van der Waals surface area (Å²) in [4.78, 5) is 47.4. The minimum absolute atomic E-state index is 0.0212. The summed E-state index contributed by atoms with van der Waals surface area (Å²) >= 11 is 13.0. The number of rotatable bonds is 17. The molecule has 2 bridgehead atoms. The first-order valence-electron chi connectivity index (χ1n) is 29.5. The number of phenolic OH excluding ortho intramolecular Hbond substituents is 1. The zero-order valence-corrected chi connectivity index (χ0v) is 49.6. The Labute approximate surface area is 504 Å². The van der Waals surface area contributed by atoms with Gasteiger partial charge < -0.3 is 46.1 Å². The third-order valence-electron chi connectivity index (χ3n) is 17.9. The fourth-order valence-electron chi connectivity index (χ4n) is 14.1. The molecule has 1 spiro atoms. The number of unbranched alkanes of at least 4 members (excludes halogenated alkanes) is 2. The van der Waals surface area contributed by atoms with Gasteiger partial charge in [0.2, 0.25) is 5.91 Å². The number of amides is 2. The van der Waals surface area contributed by atoms with Crippen molar-refractivity contribution in [2.45, 2.75) is 114 Å². The smallest absolute Gasteiger partial charge is 0.319 e. The fourth-order valence-corrected chi connectivity index (χ4v) is 14.4. The van der Waals surface area contributed by atoms with Gasteiger partial charge in [0, 0.05) is 101 Å². The van der Waals surface area contributed by atoms with Crippen molar-refractivity contribution in [2.75, 3.05) is 68.5 Å². The lowest BCUT2D eigenvalue weighted by molar-refractivity contribution is -0.118. The van der Waals surface area contributed by atoms with Gasteiger partial charge in [-0.05, 0) is 135 Å². The maximum atomic E-state index is 17.2. The van der Waals surface area contributed by atoms with E-state index < -0.39 is 29.0 Å². The highest BCUT2D eigenvalue weighted by molar-refractivity contribution is 6.31. The number of nitrogens with one attached hydrogen (secondary N) is 5. The number of likely N-dealkylation sites (tertiary alicyclic amines) is 1. The Morgan fingerprint density at radius 1 is 0.941 bits per heavy atom. The summed E-state index contributed by atoms with van der Waals surface area (Å²) in [5.74, 6) is 0.976. The number of aromatic hydroxyl groups is 1. The molecule has 7 aromatic rings. The number of terminal acetylenes is 1. The molecule has 0 aliphatic carbocycles. The van der Waals surface area contributed by atoms with Crippen LogP contribution in [0.3, 0.4) is 0 Å². The van der Waals surface area contributed by atoms with Crippen molar-refractivity contribution in [3.63, 3.8) is 0 Å². The van der Waals surface area contributed by atoms with Gasteiger partial charge in [-0.2, -0.15) is 9.97 Å². The van der Waals surface area contributed by atoms with Crippen LogP contribution in [0.4, 0.5) is 26.0 Å². The molecule has 0 radical (unpaired) electrons. The minimum Gasteiger partial charge on any atom is -0.508 e. The molecule has 3 unspecified atom stereocenters. The molecule has 442 valence electrons. The van der Waals surface area contributed by atoms with Crippen LogP contribution in [-0.2, 0) is 10.2 Å². The molecule has 5 aromatic carbocycles. The number of piperazine rings is 1. The van der Waals surface area contributed by atoms with Crippen LogP contribution in [0.25, 0.3) is 32.9 Å². The number of fused-ring (bicyclic) bond motifs is 6. The Hall–Kier alpha value is -7.33. The quantitative estimate of drug-likeness (QED) is 0.0375. The number of phenols is 1. The van der Waals surface area contributed by atoms with Gasteiger partial charge in [-0.3, -0.25) is 19.5 Å². The van der Waals surface area contributed by atoms with E-state index in [1.807, 2.05) is 24.3 Å². The maximum absolute atomic E-state index is 17.2. The number of ether oxygens (including phenoxy) is 2. The van der Waals surface area contributed by atoms with Crippen molar-refractivity contribution >= 4 is 73.9 Å². The van der Waals surface area contributed by atoms with Crippen molar-refractivity contribution in [1.29, 1.82) is 0 Å². The highest BCUT2D eigenvalue weighted by Crippen LogP contribution is 2.57. The molecule has 4 fully saturated rings. The van der Waals surface area contributed by atoms with Crippen LogP contribution in [0.15, 0.2) is 91.1 Å². The molecule has 6 N–H and O–H groups in total. The summed E-state index contributed by atoms with van der Waals surface area (Å²) in [6, 6.07) is 23.7. The van der Waals surface area contributed by atoms with Crippen molar-refractivity contribution < 1.29 is 33.0 Å². The van der Waals surface area contributed by atoms with Crippen LogP contribution >= 0.6 is 23.2 Å².